The van der Waals surface area contributed by atoms with Gasteiger partial charge in [0.15, 0.2) is 6.10 Å². The molecule has 0 saturated heterocycles. The van der Waals surface area contributed by atoms with E-state index in [0.29, 0.717) is 19.3 Å². The van der Waals surface area contributed by atoms with Gasteiger partial charge in [0.2, 0.25) is 0 Å². The highest BCUT2D eigenvalue weighted by Gasteiger charge is 2.19. The van der Waals surface area contributed by atoms with Crippen molar-refractivity contribution in [3.8, 4) is 0 Å². The number of carbonyl (C=O) groups is 3. The first kappa shape index (κ1) is 73.6. The van der Waals surface area contributed by atoms with Gasteiger partial charge in [0.1, 0.15) is 13.2 Å². The summed E-state index contributed by atoms with van der Waals surface area (Å²) in [6.45, 7) is 6.55. The molecule has 444 valence electrons. The van der Waals surface area contributed by atoms with Crippen molar-refractivity contribution in [1.82, 2.24) is 0 Å². The molecule has 0 aromatic heterocycles. The Hall–Kier alpha value is -3.41. The maximum atomic E-state index is 12.9. The SMILES string of the molecule is CC/C=C\C/C=C\C/C=C\C/C=C\C/C=C\C/C=C\CCCCCCCCC(=O)OCC(COC(=O)CCCCCCCCCCCCCCCCCC)OC(=O)CCCCCCCCC/C=C\CCCCCCCCC. The van der Waals surface area contributed by atoms with Crippen molar-refractivity contribution in [3.05, 3.63) is 85.1 Å². The van der Waals surface area contributed by atoms with E-state index in [-0.39, 0.29) is 31.1 Å². The van der Waals surface area contributed by atoms with Crippen LogP contribution in [0.15, 0.2) is 85.1 Å². The van der Waals surface area contributed by atoms with Crippen molar-refractivity contribution in [1.29, 1.82) is 0 Å². The number of allylic oxidation sites excluding steroid dienone is 14. The predicted octanol–water partition coefficient (Wildman–Crippen LogP) is 22.7. The molecule has 0 heterocycles. The van der Waals surface area contributed by atoms with Gasteiger partial charge in [0.05, 0.1) is 0 Å². The highest BCUT2D eigenvalue weighted by atomic mass is 16.6. The van der Waals surface area contributed by atoms with Crippen LogP contribution in [0.1, 0.15) is 329 Å². The van der Waals surface area contributed by atoms with E-state index in [9.17, 15) is 14.4 Å². The lowest BCUT2D eigenvalue weighted by Crippen LogP contribution is -2.30. The van der Waals surface area contributed by atoms with Crippen LogP contribution in [0.25, 0.3) is 0 Å². The molecule has 0 amide bonds. The summed E-state index contributed by atoms with van der Waals surface area (Å²) < 4.78 is 17.0. The molecule has 0 rings (SSSR count). The molecule has 6 heteroatoms. The Morgan fingerprint density at radius 2 is 0.506 bits per heavy atom. The van der Waals surface area contributed by atoms with E-state index >= 15 is 0 Å². The summed E-state index contributed by atoms with van der Waals surface area (Å²) in [5, 5.41) is 0. The molecule has 0 aromatic carbocycles. The van der Waals surface area contributed by atoms with Gasteiger partial charge in [0.25, 0.3) is 0 Å². The van der Waals surface area contributed by atoms with Gasteiger partial charge in [0, 0.05) is 19.3 Å². The molecule has 0 spiro atoms. The first-order valence-electron chi connectivity index (χ1n) is 33.1. The Labute approximate surface area is 477 Å². The number of rotatable bonds is 60. The van der Waals surface area contributed by atoms with Crippen LogP contribution in [-0.4, -0.2) is 37.2 Å². The van der Waals surface area contributed by atoms with Crippen molar-refractivity contribution in [2.75, 3.05) is 13.2 Å². The summed E-state index contributed by atoms with van der Waals surface area (Å²) in [6, 6.07) is 0. The summed E-state index contributed by atoms with van der Waals surface area (Å²) in [6.07, 6.45) is 85.8. The van der Waals surface area contributed by atoms with Crippen LogP contribution in [0.5, 0.6) is 0 Å². The van der Waals surface area contributed by atoms with E-state index in [0.717, 1.165) is 109 Å². The fourth-order valence-corrected chi connectivity index (χ4v) is 9.44. The van der Waals surface area contributed by atoms with Crippen molar-refractivity contribution >= 4 is 17.9 Å². The van der Waals surface area contributed by atoms with Crippen molar-refractivity contribution < 1.29 is 28.6 Å². The third-order valence-corrected chi connectivity index (χ3v) is 14.4. The molecule has 0 aromatic rings. The lowest BCUT2D eigenvalue weighted by atomic mass is 10.0. The van der Waals surface area contributed by atoms with E-state index in [2.05, 4.69) is 106 Å². The molecule has 0 N–H and O–H groups in total. The lowest BCUT2D eigenvalue weighted by Gasteiger charge is -2.18. The largest absolute Gasteiger partial charge is 0.462 e. The number of unbranched alkanes of at least 4 members (excludes halogenated alkanes) is 35. The summed E-state index contributed by atoms with van der Waals surface area (Å²) in [5.74, 6) is -0.883. The number of hydrogen-bond donors (Lipinski definition) is 0. The highest BCUT2D eigenvalue weighted by Crippen LogP contribution is 2.17. The monoisotopic (exact) mass is 1070 g/mol. The minimum absolute atomic E-state index is 0.0798. The van der Waals surface area contributed by atoms with E-state index < -0.39 is 6.10 Å². The van der Waals surface area contributed by atoms with E-state index in [1.165, 1.54) is 180 Å². The first-order valence-corrected chi connectivity index (χ1v) is 33.1. The maximum absolute atomic E-state index is 12.9. The smallest absolute Gasteiger partial charge is 0.306 e. The maximum Gasteiger partial charge on any atom is 0.306 e. The Kier molecular flexibility index (Phi) is 62.2. The number of esters is 3. The van der Waals surface area contributed by atoms with Crippen LogP contribution < -0.4 is 0 Å². The van der Waals surface area contributed by atoms with Gasteiger partial charge < -0.3 is 14.2 Å². The molecular weight excluding hydrogens is 949 g/mol. The fourth-order valence-electron chi connectivity index (χ4n) is 9.44. The van der Waals surface area contributed by atoms with Gasteiger partial charge in [-0.25, -0.2) is 0 Å². The van der Waals surface area contributed by atoms with Gasteiger partial charge in [-0.3, -0.25) is 14.4 Å². The minimum atomic E-state index is -0.785. The first-order chi connectivity index (χ1) is 38.0. The normalized spacial score (nSPS) is 12.6. The van der Waals surface area contributed by atoms with Crippen LogP contribution >= 0.6 is 0 Å². The van der Waals surface area contributed by atoms with Crippen molar-refractivity contribution in [3.63, 3.8) is 0 Å². The molecule has 0 aliphatic heterocycles. The summed E-state index contributed by atoms with van der Waals surface area (Å²) in [7, 11) is 0. The summed E-state index contributed by atoms with van der Waals surface area (Å²) in [5.41, 5.74) is 0. The lowest BCUT2D eigenvalue weighted by molar-refractivity contribution is -0.167. The van der Waals surface area contributed by atoms with Crippen LogP contribution in [0.3, 0.4) is 0 Å². The number of hydrogen-bond acceptors (Lipinski definition) is 6. The van der Waals surface area contributed by atoms with Crippen LogP contribution in [-0.2, 0) is 28.6 Å². The minimum Gasteiger partial charge on any atom is -0.462 e. The van der Waals surface area contributed by atoms with E-state index in [4.69, 9.17) is 14.2 Å². The average Bonchev–Trinajstić information content (AvgIpc) is 3.43. The molecule has 77 heavy (non-hydrogen) atoms. The van der Waals surface area contributed by atoms with Gasteiger partial charge in [-0.2, -0.15) is 0 Å². The van der Waals surface area contributed by atoms with Gasteiger partial charge >= 0.3 is 17.9 Å². The molecule has 0 bridgehead atoms. The molecule has 0 fully saturated rings. The van der Waals surface area contributed by atoms with Crippen LogP contribution in [0, 0.1) is 0 Å². The second-order valence-electron chi connectivity index (χ2n) is 22.0. The number of carbonyl (C=O) groups excluding carboxylic acids is 3. The van der Waals surface area contributed by atoms with E-state index in [1.807, 2.05) is 0 Å². The molecule has 0 saturated carbocycles. The van der Waals surface area contributed by atoms with Gasteiger partial charge in [-0.05, 0) is 96.3 Å². The molecule has 6 nitrogen and oxygen atoms in total. The van der Waals surface area contributed by atoms with E-state index in [1.54, 1.807) is 0 Å². The van der Waals surface area contributed by atoms with Crippen molar-refractivity contribution in [2.45, 2.75) is 335 Å². The predicted molar refractivity (Wildman–Crippen MR) is 334 cm³/mol. The zero-order chi connectivity index (χ0) is 55.7. The Morgan fingerprint density at radius 1 is 0.273 bits per heavy atom. The van der Waals surface area contributed by atoms with Crippen LogP contribution in [0.4, 0.5) is 0 Å². The Balaban J connectivity index is 4.38. The Morgan fingerprint density at radius 3 is 0.805 bits per heavy atom. The van der Waals surface area contributed by atoms with Gasteiger partial charge in [-0.15, -0.1) is 0 Å². The zero-order valence-corrected chi connectivity index (χ0v) is 51.0. The summed E-state index contributed by atoms with van der Waals surface area (Å²) in [4.78, 5) is 38.4. The highest BCUT2D eigenvalue weighted by molar-refractivity contribution is 5.71. The van der Waals surface area contributed by atoms with Gasteiger partial charge in [-0.1, -0.05) is 298 Å². The molecule has 0 aliphatic carbocycles. The average molecular weight is 1070 g/mol. The molecule has 1 unspecified atom stereocenters. The van der Waals surface area contributed by atoms with Crippen LogP contribution in [0.2, 0.25) is 0 Å². The zero-order valence-electron chi connectivity index (χ0n) is 51.0. The molecule has 0 radical (unpaired) electrons. The second kappa shape index (κ2) is 65.1. The standard InChI is InChI=1S/C71H124O6/c1-4-7-10-13-16-19-22-25-28-31-33-34-35-36-37-38-39-41-43-46-49-52-55-58-61-64-70(73)76-67-68(66-75-69(72)63-60-57-54-51-48-45-42-30-27-24-21-18-15-12-9-6-3)77-71(74)65-62-59-56-53-50-47-44-40-32-29-26-23-20-17-14-11-8-5-2/h7,10,16,19,25,28-29,32-34,36-37,39,41,68H,4-6,8-9,11-15,17-18,20-24,26-27,30-31,35,38,40,42-67H2,1-3H3/b10-7-,19-16-,28-25-,32-29-,34-33-,37-36-,41-39-. The molecule has 1 atom stereocenters. The topological polar surface area (TPSA) is 78.9 Å². The number of ether oxygens (including phenoxy) is 3. The molecule has 0 aliphatic rings. The molecular formula is C71H124O6. The van der Waals surface area contributed by atoms with Crippen molar-refractivity contribution in [2.24, 2.45) is 0 Å². The second-order valence-corrected chi connectivity index (χ2v) is 22.0. The Bertz CT molecular complexity index is 1470. The fraction of sp³-hybridized carbons (Fsp3) is 0.761. The third kappa shape index (κ3) is 63.3. The quantitative estimate of drug-likeness (QED) is 0.0261. The third-order valence-electron chi connectivity index (χ3n) is 14.4. The summed E-state index contributed by atoms with van der Waals surface area (Å²) >= 11 is 0.